The molecule has 0 radical (unpaired) electrons. The standard InChI is InChI=1S/C8H7F2N3O/c1-14-8-6(12)4(2-11)5(3-13-8)7(9)10/h3,7H,12H2,1H3. The minimum atomic E-state index is -2.77. The SMILES string of the molecule is COc1ncc(C(F)F)c(C#N)c1N. The Morgan fingerprint density at radius 3 is 2.71 bits per heavy atom. The lowest BCUT2D eigenvalue weighted by atomic mass is 10.1. The monoisotopic (exact) mass is 199 g/mol. The van der Waals surface area contributed by atoms with Gasteiger partial charge in [-0.3, -0.25) is 0 Å². The Kier molecular flexibility index (Phi) is 2.82. The van der Waals surface area contributed by atoms with Crippen molar-refractivity contribution >= 4 is 5.69 Å². The van der Waals surface area contributed by atoms with E-state index in [9.17, 15) is 8.78 Å². The van der Waals surface area contributed by atoms with E-state index in [0.717, 1.165) is 6.20 Å². The number of pyridine rings is 1. The molecule has 0 spiro atoms. The van der Waals surface area contributed by atoms with Gasteiger partial charge in [0.2, 0.25) is 5.88 Å². The van der Waals surface area contributed by atoms with Crippen LogP contribution in [0.5, 0.6) is 5.88 Å². The summed E-state index contributed by atoms with van der Waals surface area (Å²) in [5, 5.41) is 8.62. The van der Waals surface area contributed by atoms with E-state index < -0.39 is 12.0 Å². The molecule has 6 heteroatoms. The normalized spacial score (nSPS) is 9.93. The van der Waals surface area contributed by atoms with Crippen LogP contribution in [0.1, 0.15) is 17.6 Å². The van der Waals surface area contributed by atoms with Crippen molar-refractivity contribution < 1.29 is 13.5 Å². The first-order valence-corrected chi connectivity index (χ1v) is 3.62. The summed E-state index contributed by atoms with van der Waals surface area (Å²) in [6.45, 7) is 0. The molecule has 0 aromatic carbocycles. The van der Waals surface area contributed by atoms with Gasteiger partial charge in [0, 0.05) is 6.20 Å². The van der Waals surface area contributed by atoms with Crippen LogP contribution in [0.4, 0.5) is 14.5 Å². The second kappa shape index (κ2) is 3.87. The number of nitrogens with two attached hydrogens (primary N) is 1. The molecule has 0 aliphatic heterocycles. The van der Waals surface area contributed by atoms with E-state index in [1.165, 1.54) is 7.11 Å². The van der Waals surface area contributed by atoms with Gasteiger partial charge in [0.15, 0.2) is 0 Å². The summed E-state index contributed by atoms with van der Waals surface area (Å²) < 4.78 is 29.4. The molecule has 4 nitrogen and oxygen atoms in total. The molecule has 74 valence electrons. The number of ether oxygens (including phenoxy) is 1. The van der Waals surface area contributed by atoms with Gasteiger partial charge < -0.3 is 10.5 Å². The topological polar surface area (TPSA) is 71.9 Å². The number of nitrogen functional groups attached to an aromatic ring is 1. The predicted molar refractivity (Wildman–Crippen MR) is 44.9 cm³/mol. The third kappa shape index (κ3) is 1.57. The number of halogens is 2. The van der Waals surface area contributed by atoms with Crippen molar-refractivity contribution in [3.05, 3.63) is 17.3 Å². The highest BCUT2D eigenvalue weighted by molar-refractivity contribution is 5.63. The Hall–Kier alpha value is -1.90. The average molecular weight is 199 g/mol. The van der Waals surface area contributed by atoms with E-state index in [4.69, 9.17) is 15.7 Å². The van der Waals surface area contributed by atoms with Crippen molar-refractivity contribution in [3.63, 3.8) is 0 Å². The van der Waals surface area contributed by atoms with Crippen LogP contribution < -0.4 is 10.5 Å². The highest BCUT2D eigenvalue weighted by Crippen LogP contribution is 2.30. The Morgan fingerprint density at radius 2 is 2.29 bits per heavy atom. The number of alkyl halides is 2. The average Bonchev–Trinajstić information content (AvgIpc) is 2.17. The molecule has 1 aromatic heterocycles. The van der Waals surface area contributed by atoms with Gasteiger partial charge in [0.05, 0.1) is 18.2 Å². The lowest BCUT2D eigenvalue weighted by Gasteiger charge is -2.08. The van der Waals surface area contributed by atoms with Crippen molar-refractivity contribution in [2.75, 3.05) is 12.8 Å². The number of rotatable bonds is 2. The zero-order valence-electron chi connectivity index (χ0n) is 7.29. The van der Waals surface area contributed by atoms with Gasteiger partial charge in [0.1, 0.15) is 11.8 Å². The third-order valence-electron chi connectivity index (χ3n) is 1.65. The van der Waals surface area contributed by atoms with Crippen LogP contribution in [-0.2, 0) is 0 Å². The summed E-state index contributed by atoms with van der Waals surface area (Å²) in [6, 6.07) is 1.59. The van der Waals surface area contributed by atoms with Crippen LogP contribution in [0.15, 0.2) is 6.20 Å². The fourth-order valence-electron chi connectivity index (χ4n) is 0.978. The van der Waals surface area contributed by atoms with Crippen LogP contribution in [0.25, 0.3) is 0 Å². The second-order valence-corrected chi connectivity index (χ2v) is 2.42. The van der Waals surface area contributed by atoms with Gasteiger partial charge in [-0.05, 0) is 0 Å². The van der Waals surface area contributed by atoms with Crippen LogP contribution in [-0.4, -0.2) is 12.1 Å². The summed E-state index contributed by atoms with van der Waals surface area (Å²) >= 11 is 0. The van der Waals surface area contributed by atoms with Gasteiger partial charge >= 0.3 is 0 Å². The molecule has 0 amide bonds. The molecule has 0 saturated carbocycles. The van der Waals surface area contributed by atoms with Crippen molar-refractivity contribution in [2.24, 2.45) is 0 Å². The zero-order chi connectivity index (χ0) is 10.7. The first kappa shape index (κ1) is 10.2. The number of hydrogen-bond acceptors (Lipinski definition) is 4. The van der Waals surface area contributed by atoms with Gasteiger partial charge in [-0.15, -0.1) is 0 Å². The van der Waals surface area contributed by atoms with Crippen molar-refractivity contribution in [2.45, 2.75) is 6.43 Å². The number of nitriles is 1. The molecule has 1 aromatic rings. The van der Waals surface area contributed by atoms with Crippen molar-refractivity contribution in [3.8, 4) is 11.9 Å². The minimum absolute atomic E-state index is 0.0223. The van der Waals surface area contributed by atoms with Crippen molar-refractivity contribution in [1.29, 1.82) is 5.26 Å². The molecule has 14 heavy (non-hydrogen) atoms. The predicted octanol–water partition coefficient (Wildman–Crippen LogP) is 1.48. The maximum absolute atomic E-state index is 12.3. The molecule has 2 N–H and O–H groups in total. The highest BCUT2D eigenvalue weighted by atomic mass is 19.3. The Labute approximate surface area is 78.9 Å². The molecule has 1 rings (SSSR count). The zero-order valence-corrected chi connectivity index (χ0v) is 7.29. The van der Waals surface area contributed by atoms with Crippen LogP contribution in [0.2, 0.25) is 0 Å². The molecule has 0 bridgehead atoms. The maximum Gasteiger partial charge on any atom is 0.266 e. The van der Waals surface area contributed by atoms with Gasteiger partial charge in [-0.25, -0.2) is 13.8 Å². The van der Waals surface area contributed by atoms with E-state index in [1.807, 2.05) is 0 Å². The molecule has 0 aliphatic rings. The van der Waals surface area contributed by atoms with Gasteiger partial charge in [0.25, 0.3) is 6.43 Å². The molecular formula is C8H7F2N3O. The van der Waals surface area contributed by atoms with E-state index in [-0.39, 0.29) is 17.1 Å². The summed E-state index contributed by atoms with van der Waals surface area (Å²) in [5.41, 5.74) is 4.47. The Morgan fingerprint density at radius 1 is 1.64 bits per heavy atom. The lowest BCUT2D eigenvalue weighted by molar-refractivity contribution is 0.150. The van der Waals surface area contributed by atoms with Crippen LogP contribution in [0, 0.1) is 11.3 Å². The van der Waals surface area contributed by atoms with Crippen molar-refractivity contribution in [1.82, 2.24) is 4.98 Å². The minimum Gasteiger partial charge on any atom is -0.479 e. The quantitative estimate of drug-likeness (QED) is 0.782. The second-order valence-electron chi connectivity index (χ2n) is 2.42. The third-order valence-corrected chi connectivity index (χ3v) is 1.65. The van der Waals surface area contributed by atoms with Crippen LogP contribution in [0.3, 0.4) is 0 Å². The largest absolute Gasteiger partial charge is 0.479 e. The summed E-state index contributed by atoms with van der Waals surface area (Å²) in [5.74, 6) is -0.0223. The fraction of sp³-hybridized carbons (Fsp3) is 0.250. The fourth-order valence-corrected chi connectivity index (χ4v) is 0.978. The van der Waals surface area contributed by atoms with Crippen LogP contribution >= 0.6 is 0 Å². The van der Waals surface area contributed by atoms with E-state index >= 15 is 0 Å². The Bertz CT molecular complexity index is 387. The summed E-state index contributed by atoms with van der Waals surface area (Å²) in [4.78, 5) is 3.55. The smallest absolute Gasteiger partial charge is 0.266 e. The van der Waals surface area contributed by atoms with E-state index in [1.54, 1.807) is 6.07 Å². The lowest BCUT2D eigenvalue weighted by Crippen LogP contribution is -2.02. The number of aromatic nitrogens is 1. The first-order chi connectivity index (χ1) is 6.61. The number of anilines is 1. The summed E-state index contributed by atoms with van der Waals surface area (Å²) in [7, 11) is 1.29. The first-order valence-electron chi connectivity index (χ1n) is 3.62. The molecule has 0 atom stereocenters. The van der Waals surface area contributed by atoms with E-state index in [2.05, 4.69) is 4.98 Å². The molecule has 0 fully saturated rings. The molecule has 0 saturated heterocycles. The molecule has 1 heterocycles. The molecule has 0 unspecified atom stereocenters. The van der Waals surface area contributed by atoms with Gasteiger partial charge in [-0.2, -0.15) is 5.26 Å². The number of nitrogens with zero attached hydrogens (tertiary/aromatic N) is 2. The molecule has 0 aliphatic carbocycles. The maximum atomic E-state index is 12.3. The van der Waals surface area contributed by atoms with E-state index in [0.29, 0.717) is 0 Å². The Balaban J connectivity index is 3.38. The number of hydrogen-bond donors (Lipinski definition) is 1. The van der Waals surface area contributed by atoms with Gasteiger partial charge in [-0.1, -0.05) is 0 Å². The molecular weight excluding hydrogens is 192 g/mol. The summed E-state index contributed by atoms with van der Waals surface area (Å²) in [6.07, 6.45) is -1.89. The highest BCUT2D eigenvalue weighted by Gasteiger charge is 2.18. The number of methoxy groups -OCH3 is 1.